The summed E-state index contributed by atoms with van der Waals surface area (Å²) in [6, 6.07) is 20.2. The minimum absolute atomic E-state index is 0.0940. The van der Waals surface area contributed by atoms with Gasteiger partial charge < -0.3 is 14.8 Å². The lowest BCUT2D eigenvalue weighted by atomic mass is 10.1. The van der Waals surface area contributed by atoms with Crippen molar-refractivity contribution in [3.63, 3.8) is 0 Å². The van der Waals surface area contributed by atoms with Crippen LogP contribution in [0.25, 0.3) is 6.08 Å². The molecule has 35 heavy (non-hydrogen) atoms. The Labute approximate surface area is 212 Å². The van der Waals surface area contributed by atoms with Gasteiger partial charge in [0.25, 0.3) is 5.91 Å². The molecular formula is C27H23ClN2O4S. The number of amides is 2. The number of hydrogen-bond acceptors (Lipinski definition) is 5. The number of carbonyl (C=O) groups is 2. The van der Waals surface area contributed by atoms with Crippen molar-refractivity contribution in [3.05, 3.63) is 87.8 Å². The van der Waals surface area contributed by atoms with E-state index in [1.54, 1.807) is 12.1 Å². The first-order valence-corrected chi connectivity index (χ1v) is 12.4. The van der Waals surface area contributed by atoms with E-state index in [1.165, 1.54) is 16.7 Å². The molecule has 5 rings (SSSR count). The maximum Gasteiger partial charge on any atom is 0.265 e. The number of fused-ring (bicyclic) bond motifs is 2. The van der Waals surface area contributed by atoms with Crippen molar-refractivity contribution in [2.75, 3.05) is 24.7 Å². The Hall–Kier alpha value is -3.42. The number of rotatable bonds is 5. The molecule has 2 amide bonds. The molecule has 8 heteroatoms. The molecule has 1 N–H and O–H groups in total. The molecule has 0 radical (unpaired) electrons. The Balaban J connectivity index is 1.34. The highest BCUT2D eigenvalue weighted by Crippen LogP contribution is 2.42. The van der Waals surface area contributed by atoms with Gasteiger partial charge in [-0.2, -0.15) is 0 Å². The zero-order chi connectivity index (χ0) is 24.4. The van der Waals surface area contributed by atoms with Gasteiger partial charge in [0.05, 0.1) is 16.6 Å². The summed E-state index contributed by atoms with van der Waals surface area (Å²) in [5.41, 5.74) is 2.48. The number of thioether (sulfide) groups is 1. The van der Waals surface area contributed by atoms with Crippen LogP contribution in [-0.2, 0) is 9.59 Å². The van der Waals surface area contributed by atoms with Crippen molar-refractivity contribution in [2.24, 2.45) is 0 Å². The Morgan fingerprint density at radius 2 is 1.83 bits per heavy atom. The van der Waals surface area contributed by atoms with Gasteiger partial charge in [0, 0.05) is 9.92 Å². The van der Waals surface area contributed by atoms with Crippen LogP contribution in [0.15, 0.2) is 76.5 Å². The lowest BCUT2D eigenvalue weighted by molar-refractivity contribution is -0.122. The summed E-state index contributed by atoms with van der Waals surface area (Å²) in [6.07, 6.45) is 1.82. The third kappa shape index (κ3) is 5.16. The monoisotopic (exact) mass is 506 g/mol. The zero-order valence-corrected chi connectivity index (χ0v) is 20.6. The Kier molecular flexibility index (Phi) is 6.70. The van der Waals surface area contributed by atoms with E-state index in [9.17, 15) is 9.59 Å². The number of halogens is 1. The topological polar surface area (TPSA) is 67.9 Å². The largest absolute Gasteiger partial charge is 0.486 e. The zero-order valence-electron chi connectivity index (χ0n) is 19.0. The molecule has 0 bridgehead atoms. The van der Waals surface area contributed by atoms with Crippen LogP contribution in [-0.4, -0.2) is 31.6 Å². The molecule has 0 unspecified atom stereocenters. The first-order valence-electron chi connectivity index (χ1n) is 11.2. The second-order valence-electron chi connectivity index (χ2n) is 8.21. The van der Waals surface area contributed by atoms with Crippen molar-refractivity contribution in [1.29, 1.82) is 0 Å². The lowest BCUT2D eigenvalue weighted by Crippen LogP contribution is -2.43. The number of benzene rings is 3. The van der Waals surface area contributed by atoms with Crippen LogP contribution in [0.4, 0.5) is 5.69 Å². The Morgan fingerprint density at radius 3 is 2.63 bits per heavy atom. The molecule has 6 nitrogen and oxygen atoms in total. The molecule has 2 aliphatic heterocycles. The fraction of sp³-hybridized carbons (Fsp3) is 0.185. The van der Waals surface area contributed by atoms with Crippen molar-refractivity contribution >= 4 is 46.9 Å². The van der Waals surface area contributed by atoms with E-state index in [2.05, 4.69) is 5.32 Å². The van der Waals surface area contributed by atoms with E-state index < -0.39 is 0 Å². The molecule has 3 aromatic rings. The van der Waals surface area contributed by atoms with Crippen LogP contribution in [0.2, 0.25) is 5.02 Å². The molecule has 0 fully saturated rings. The smallest absolute Gasteiger partial charge is 0.265 e. The van der Waals surface area contributed by atoms with Gasteiger partial charge in [0.2, 0.25) is 5.91 Å². The van der Waals surface area contributed by atoms with Gasteiger partial charge in [-0.05, 0) is 60.5 Å². The van der Waals surface area contributed by atoms with Crippen LogP contribution < -0.4 is 19.7 Å². The number of nitrogens with one attached hydrogen (secondary N) is 1. The summed E-state index contributed by atoms with van der Waals surface area (Å²) >= 11 is 7.39. The average Bonchev–Trinajstić information content (AvgIpc) is 2.87. The summed E-state index contributed by atoms with van der Waals surface area (Å²) in [5, 5.41) is 3.63. The van der Waals surface area contributed by atoms with Crippen molar-refractivity contribution in [2.45, 2.75) is 17.9 Å². The van der Waals surface area contributed by atoms with Gasteiger partial charge in [-0.25, -0.2) is 0 Å². The SMILES string of the molecule is C[C@@H](NC(=O)CN1C(=O)/C(=C/c2ccc(Cl)cc2)Sc2ccccc21)c1ccc2c(c1)OCCO2. The molecule has 3 aromatic carbocycles. The molecule has 0 aliphatic carbocycles. The molecule has 0 saturated heterocycles. The number of anilines is 1. The van der Waals surface area contributed by atoms with Gasteiger partial charge in [0.1, 0.15) is 19.8 Å². The second kappa shape index (κ2) is 10.1. The summed E-state index contributed by atoms with van der Waals surface area (Å²) in [5.74, 6) is 0.898. The van der Waals surface area contributed by atoms with E-state index in [0.29, 0.717) is 34.6 Å². The van der Waals surface area contributed by atoms with E-state index >= 15 is 0 Å². The highest BCUT2D eigenvalue weighted by Gasteiger charge is 2.30. The first kappa shape index (κ1) is 23.3. The number of nitrogens with zero attached hydrogens (tertiary/aromatic N) is 1. The third-order valence-corrected chi connectivity index (χ3v) is 7.07. The number of carbonyl (C=O) groups excluding carboxylic acids is 2. The van der Waals surface area contributed by atoms with Gasteiger partial charge >= 0.3 is 0 Å². The quantitative estimate of drug-likeness (QED) is 0.465. The summed E-state index contributed by atoms with van der Waals surface area (Å²) < 4.78 is 11.2. The summed E-state index contributed by atoms with van der Waals surface area (Å²) in [4.78, 5) is 29.4. The van der Waals surface area contributed by atoms with E-state index in [4.69, 9.17) is 21.1 Å². The van der Waals surface area contributed by atoms with Crippen molar-refractivity contribution in [3.8, 4) is 11.5 Å². The van der Waals surface area contributed by atoms with Crippen molar-refractivity contribution < 1.29 is 19.1 Å². The third-order valence-electron chi connectivity index (χ3n) is 5.75. The minimum atomic E-state index is -0.271. The fourth-order valence-electron chi connectivity index (χ4n) is 3.97. The molecule has 0 saturated carbocycles. The number of hydrogen-bond donors (Lipinski definition) is 1. The van der Waals surface area contributed by atoms with Gasteiger partial charge in [-0.15, -0.1) is 0 Å². The van der Waals surface area contributed by atoms with Crippen LogP contribution >= 0.6 is 23.4 Å². The van der Waals surface area contributed by atoms with E-state index in [0.717, 1.165) is 21.7 Å². The molecule has 0 spiro atoms. The highest BCUT2D eigenvalue weighted by atomic mass is 35.5. The Morgan fingerprint density at radius 1 is 1.09 bits per heavy atom. The average molecular weight is 507 g/mol. The molecule has 2 heterocycles. The number of ether oxygens (including phenoxy) is 2. The molecule has 0 aromatic heterocycles. The fourth-order valence-corrected chi connectivity index (χ4v) is 5.16. The molecule has 1 atom stereocenters. The summed E-state index contributed by atoms with van der Waals surface area (Å²) in [6.45, 7) is 2.83. The van der Waals surface area contributed by atoms with Gasteiger partial charge in [-0.1, -0.05) is 53.7 Å². The number of para-hydroxylation sites is 1. The van der Waals surface area contributed by atoms with Gasteiger partial charge in [-0.3, -0.25) is 14.5 Å². The molecule has 2 aliphatic rings. The lowest BCUT2D eigenvalue weighted by Gasteiger charge is -2.30. The predicted molar refractivity (Wildman–Crippen MR) is 138 cm³/mol. The Bertz CT molecular complexity index is 1310. The first-order chi connectivity index (χ1) is 17.0. The van der Waals surface area contributed by atoms with Crippen LogP contribution in [0.5, 0.6) is 11.5 Å². The van der Waals surface area contributed by atoms with E-state index in [1.807, 2.05) is 67.6 Å². The van der Waals surface area contributed by atoms with Crippen LogP contribution in [0, 0.1) is 0 Å². The highest BCUT2D eigenvalue weighted by molar-refractivity contribution is 8.04. The maximum absolute atomic E-state index is 13.4. The minimum Gasteiger partial charge on any atom is -0.486 e. The second-order valence-corrected chi connectivity index (χ2v) is 9.73. The van der Waals surface area contributed by atoms with Crippen LogP contribution in [0.1, 0.15) is 24.1 Å². The molecular weight excluding hydrogens is 484 g/mol. The van der Waals surface area contributed by atoms with Crippen molar-refractivity contribution in [1.82, 2.24) is 5.32 Å². The standard InChI is InChI=1S/C27H23ClN2O4S/c1-17(19-8-11-22-23(15-19)34-13-12-33-22)29-26(31)16-30-21-4-2-3-5-24(21)35-25(27(30)32)14-18-6-9-20(28)10-7-18/h2-11,14-15,17H,12-13,16H2,1H3,(H,29,31)/b25-14-/t17-/m1/s1. The summed E-state index contributed by atoms with van der Waals surface area (Å²) in [7, 11) is 0. The van der Waals surface area contributed by atoms with Crippen LogP contribution in [0.3, 0.4) is 0 Å². The molecule has 178 valence electrons. The maximum atomic E-state index is 13.4. The van der Waals surface area contributed by atoms with Gasteiger partial charge in [0.15, 0.2) is 11.5 Å². The van der Waals surface area contributed by atoms with E-state index in [-0.39, 0.29) is 24.4 Å². The normalized spacial score (nSPS) is 16.6. The predicted octanol–water partition coefficient (Wildman–Crippen LogP) is 5.47.